The maximum Gasteiger partial charge on any atom is 0.0884 e. The van der Waals surface area contributed by atoms with Gasteiger partial charge in [0.05, 0.1) is 5.60 Å². The van der Waals surface area contributed by atoms with Crippen LogP contribution in [0.2, 0.25) is 0 Å². The summed E-state index contributed by atoms with van der Waals surface area (Å²) in [5.41, 5.74) is 0.961. The molecule has 0 saturated heterocycles. The van der Waals surface area contributed by atoms with E-state index >= 15 is 0 Å². The highest BCUT2D eigenvalue weighted by atomic mass is 16.3. The van der Waals surface area contributed by atoms with Crippen molar-refractivity contribution in [1.29, 1.82) is 0 Å². The predicted octanol–water partition coefficient (Wildman–Crippen LogP) is 3.82. The lowest BCUT2D eigenvalue weighted by molar-refractivity contribution is 0.0339. The maximum absolute atomic E-state index is 10.8. The second-order valence-electron chi connectivity index (χ2n) is 5.25. The van der Waals surface area contributed by atoms with E-state index in [9.17, 15) is 5.11 Å². The fourth-order valence-electron chi connectivity index (χ4n) is 3.43. The number of hydrogen-bond acceptors (Lipinski definition) is 1. The molecule has 0 heterocycles. The van der Waals surface area contributed by atoms with E-state index in [1.54, 1.807) is 0 Å². The van der Waals surface area contributed by atoms with E-state index in [0.717, 1.165) is 19.3 Å². The highest BCUT2D eigenvalue weighted by Gasteiger charge is 2.42. The zero-order valence-electron chi connectivity index (χ0n) is 9.97. The number of rotatable bonds is 2. The SMILES string of the molecule is CCC1CCCC1(O)C1=CCCCCC1. The Morgan fingerprint density at radius 3 is 3.00 bits per heavy atom. The molecule has 0 aromatic carbocycles. The van der Waals surface area contributed by atoms with Gasteiger partial charge in [0.15, 0.2) is 0 Å². The van der Waals surface area contributed by atoms with Gasteiger partial charge in [0.2, 0.25) is 0 Å². The van der Waals surface area contributed by atoms with Crippen LogP contribution in [0, 0.1) is 5.92 Å². The summed E-state index contributed by atoms with van der Waals surface area (Å²) in [6, 6.07) is 0. The van der Waals surface area contributed by atoms with Crippen molar-refractivity contribution in [3.05, 3.63) is 11.6 Å². The van der Waals surface area contributed by atoms with E-state index in [2.05, 4.69) is 13.0 Å². The Bertz CT molecular complexity index is 244. The van der Waals surface area contributed by atoms with Crippen LogP contribution in [0.1, 0.15) is 64.7 Å². The minimum Gasteiger partial charge on any atom is -0.385 e. The summed E-state index contributed by atoms with van der Waals surface area (Å²) in [5, 5.41) is 10.8. The first-order chi connectivity index (χ1) is 7.27. The van der Waals surface area contributed by atoms with Gasteiger partial charge in [-0.25, -0.2) is 0 Å². The number of hydrogen-bond donors (Lipinski definition) is 1. The summed E-state index contributed by atoms with van der Waals surface area (Å²) >= 11 is 0. The quantitative estimate of drug-likeness (QED) is 0.684. The van der Waals surface area contributed by atoms with Crippen molar-refractivity contribution in [1.82, 2.24) is 0 Å². The van der Waals surface area contributed by atoms with Gasteiger partial charge in [-0.2, -0.15) is 0 Å². The van der Waals surface area contributed by atoms with Gasteiger partial charge in [-0.1, -0.05) is 25.8 Å². The van der Waals surface area contributed by atoms with Gasteiger partial charge in [-0.15, -0.1) is 0 Å². The first kappa shape index (κ1) is 11.2. The molecule has 2 rings (SSSR count). The van der Waals surface area contributed by atoms with Crippen LogP contribution >= 0.6 is 0 Å². The van der Waals surface area contributed by atoms with Gasteiger partial charge >= 0.3 is 0 Å². The Morgan fingerprint density at radius 1 is 1.33 bits per heavy atom. The lowest BCUT2D eigenvalue weighted by Gasteiger charge is -2.32. The Hall–Kier alpha value is -0.300. The largest absolute Gasteiger partial charge is 0.385 e. The second kappa shape index (κ2) is 4.69. The van der Waals surface area contributed by atoms with E-state index in [4.69, 9.17) is 0 Å². The van der Waals surface area contributed by atoms with Crippen LogP contribution in [-0.4, -0.2) is 10.7 Å². The van der Waals surface area contributed by atoms with Gasteiger partial charge in [0.1, 0.15) is 0 Å². The van der Waals surface area contributed by atoms with E-state index < -0.39 is 5.60 Å². The predicted molar refractivity (Wildman–Crippen MR) is 63.7 cm³/mol. The van der Waals surface area contributed by atoms with Crippen LogP contribution in [0.3, 0.4) is 0 Å². The molecule has 1 nitrogen and oxygen atoms in total. The lowest BCUT2D eigenvalue weighted by Crippen LogP contribution is -2.35. The first-order valence-corrected chi connectivity index (χ1v) is 6.69. The van der Waals surface area contributed by atoms with E-state index in [1.807, 2.05) is 0 Å². The molecule has 2 aliphatic rings. The molecule has 0 aromatic rings. The third-order valence-corrected chi connectivity index (χ3v) is 4.38. The molecule has 1 N–H and O–H groups in total. The van der Waals surface area contributed by atoms with E-state index in [-0.39, 0.29) is 0 Å². The Kier molecular flexibility index (Phi) is 3.50. The molecule has 1 saturated carbocycles. The molecule has 2 atom stereocenters. The molecule has 86 valence electrons. The van der Waals surface area contributed by atoms with E-state index in [0.29, 0.717) is 5.92 Å². The molecule has 1 fully saturated rings. The monoisotopic (exact) mass is 208 g/mol. The highest BCUT2D eigenvalue weighted by Crippen LogP contribution is 2.44. The van der Waals surface area contributed by atoms with Gasteiger partial charge in [-0.05, 0) is 56.4 Å². The minimum atomic E-state index is -0.418. The third-order valence-electron chi connectivity index (χ3n) is 4.38. The van der Waals surface area contributed by atoms with Gasteiger partial charge in [0.25, 0.3) is 0 Å². The molecule has 0 aromatic heterocycles. The van der Waals surface area contributed by atoms with Crippen LogP contribution < -0.4 is 0 Å². The molecule has 2 aliphatic carbocycles. The fourth-order valence-corrected chi connectivity index (χ4v) is 3.43. The average molecular weight is 208 g/mol. The summed E-state index contributed by atoms with van der Waals surface area (Å²) in [6.07, 6.45) is 13.2. The summed E-state index contributed by atoms with van der Waals surface area (Å²) in [6.45, 7) is 2.22. The summed E-state index contributed by atoms with van der Waals surface area (Å²) in [5.74, 6) is 0.529. The van der Waals surface area contributed by atoms with Crippen molar-refractivity contribution in [2.45, 2.75) is 70.3 Å². The van der Waals surface area contributed by atoms with Crippen LogP contribution in [0.25, 0.3) is 0 Å². The molecular weight excluding hydrogens is 184 g/mol. The second-order valence-corrected chi connectivity index (χ2v) is 5.25. The minimum absolute atomic E-state index is 0.418. The van der Waals surface area contributed by atoms with Crippen LogP contribution in [-0.2, 0) is 0 Å². The average Bonchev–Trinajstić information content (AvgIpc) is 2.49. The molecule has 0 amide bonds. The fraction of sp³-hybridized carbons (Fsp3) is 0.857. The van der Waals surface area contributed by atoms with Crippen molar-refractivity contribution in [3.8, 4) is 0 Å². The topological polar surface area (TPSA) is 20.2 Å². The summed E-state index contributed by atoms with van der Waals surface area (Å²) < 4.78 is 0. The van der Waals surface area contributed by atoms with Crippen molar-refractivity contribution in [2.24, 2.45) is 5.92 Å². The summed E-state index contributed by atoms with van der Waals surface area (Å²) in [4.78, 5) is 0. The zero-order valence-corrected chi connectivity index (χ0v) is 9.97. The number of allylic oxidation sites excluding steroid dienone is 1. The Morgan fingerprint density at radius 2 is 2.20 bits per heavy atom. The van der Waals surface area contributed by atoms with Crippen LogP contribution in [0.15, 0.2) is 11.6 Å². The lowest BCUT2D eigenvalue weighted by atomic mass is 9.80. The molecule has 2 unspecified atom stereocenters. The molecule has 0 spiro atoms. The molecule has 0 radical (unpaired) electrons. The third kappa shape index (κ3) is 2.13. The molecular formula is C14H24O. The molecule has 0 bridgehead atoms. The van der Waals surface area contributed by atoms with Crippen molar-refractivity contribution >= 4 is 0 Å². The number of aliphatic hydroxyl groups is 1. The zero-order chi connectivity index (χ0) is 10.7. The smallest absolute Gasteiger partial charge is 0.0884 e. The Balaban J connectivity index is 2.15. The molecule has 1 heteroatoms. The first-order valence-electron chi connectivity index (χ1n) is 6.69. The van der Waals surface area contributed by atoms with Crippen molar-refractivity contribution in [3.63, 3.8) is 0 Å². The molecule has 15 heavy (non-hydrogen) atoms. The van der Waals surface area contributed by atoms with Crippen LogP contribution in [0.5, 0.6) is 0 Å². The van der Waals surface area contributed by atoms with Crippen molar-refractivity contribution in [2.75, 3.05) is 0 Å². The molecule has 0 aliphatic heterocycles. The van der Waals surface area contributed by atoms with Gasteiger partial charge < -0.3 is 5.11 Å². The maximum atomic E-state index is 10.8. The van der Waals surface area contributed by atoms with Gasteiger partial charge in [-0.3, -0.25) is 0 Å². The standard InChI is InChI=1S/C14H24O/c1-2-12-10-7-11-14(12,15)13-8-5-3-4-6-9-13/h8,12,15H,2-7,9-11H2,1H3. The van der Waals surface area contributed by atoms with Crippen molar-refractivity contribution < 1.29 is 5.11 Å². The highest BCUT2D eigenvalue weighted by molar-refractivity contribution is 5.21. The summed E-state index contributed by atoms with van der Waals surface area (Å²) in [7, 11) is 0. The Labute approximate surface area is 93.6 Å². The normalized spacial score (nSPS) is 37.5. The van der Waals surface area contributed by atoms with Gasteiger partial charge in [0, 0.05) is 0 Å². The van der Waals surface area contributed by atoms with E-state index in [1.165, 1.54) is 44.1 Å². The van der Waals surface area contributed by atoms with Crippen LogP contribution in [0.4, 0.5) is 0 Å².